The Morgan fingerprint density at radius 3 is 2.41 bits per heavy atom. The fraction of sp³-hybridized carbons (Fsp3) is 0.500. The summed E-state index contributed by atoms with van der Waals surface area (Å²) in [7, 11) is 0. The zero-order valence-electron chi connectivity index (χ0n) is 17.1. The molecule has 1 aliphatic carbocycles. The van der Waals surface area contributed by atoms with E-state index < -0.39 is 0 Å². The Labute approximate surface area is 161 Å². The summed E-state index contributed by atoms with van der Waals surface area (Å²) < 4.78 is 0. The lowest BCUT2D eigenvalue weighted by atomic mass is 9.76. The van der Waals surface area contributed by atoms with Crippen molar-refractivity contribution in [1.82, 2.24) is 0 Å². The number of Topliss-reactive ketones (excluding diaryl/α,β-unsaturated/α-hetero) is 2. The number of ketones is 2. The highest BCUT2D eigenvalue weighted by molar-refractivity contribution is 6.23. The van der Waals surface area contributed by atoms with E-state index in [0.717, 1.165) is 22.3 Å². The lowest BCUT2D eigenvalue weighted by molar-refractivity contribution is -0.116. The summed E-state index contributed by atoms with van der Waals surface area (Å²) in [6, 6.07) is 1.99. The summed E-state index contributed by atoms with van der Waals surface area (Å²) in [5, 5.41) is 14.6. The Morgan fingerprint density at radius 1 is 1.22 bits per heavy atom. The van der Waals surface area contributed by atoms with Crippen LogP contribution in [-0.2, 0) is 9.63 Å². The van der Waals surface area contributed by atoms with Crippen molar-refractivity contribution in [3.63, 3.8) is 0 Å². The number of nitrogens with zero attached hydrogens (tertiary/aromatic N) is 1. The summed E-state index contributed by atoms with van der Waals surface area (Å²) in [6.07, 6.45) is 1.15. The number of aryl methyl sites for hydroxylation is 2. The maximum absolute atomic E-state index is 12.8. The molecule has 1 aliphatic rings. The van der Waals surface area contributed by atoms with Crippen LogP contribution in [0.5, 0.6) is 0 Å². The second-order valence-corrected chi connectivity index (χ2v) is 7.14. The van der Waals surface area contributed by atoms with E-state index in [0.29, 0.717) is 30.7 Å². The van der Waals surface area contributed by atoms with Crippen LogP contribution in [0.15, 0.2) is 22.6 Å². The molecule has 27 heavy (non-hydrogen) atoms. The smallest absolute Gasteiger partial charge is 0.168 e. The van der Waals surface area contributed by atoms with Crippen LogP contribution in [0.25, 0.3) is 0 Å². The average Bonchev–Trinajstić information content (AvgIpc) is 2.56. The molecular formula is C22H29NO4. The SMILES string of the molecule is CCON=C(CC)C1=C(O)CC(c2c(C)cc(C)c(C(C)=O)c2C)CC1=O. The first-order valence-electron chi connectivity index (χ1n) is 9.48. The van der Waals surface area contributed by atoms with E-state index in [1.807, 2.05) is 40.7 Å². The molecule has 0 amide bonds. The first-order chi connectivity index (χ1) is 12.7. The Bertz CT molecular complexity index is 833. The molecule has 1 aromatic rings. The molecule has 5 nitrogen and oxygen atoms in total. The van der Waals surface area contributed by atoms with Gasteiger partial charge in [-0.15, -0.1) is 0 Å². The van der Waals surface area contributed by atoms with E-state index in [4.69, 9.17) is 4.84 Å². The highest BCUT2D eigenvalue weighted by Crippen LogP contribution is 2.39. The van der Waals surface area contributed by atoms with Crippen molar-refractivity contribution < 1.29 is 19.5 Å². The molecule has 1 aromatic carbocycles. The third kappa shape index (κ3) is 4.12. The van der Waals surface area contributed by atoms with E-state index in [2.05, 4.69) is 5.16 Å². The number of carbonyl (C=O) groups is 2. The number of oxime groups is 1. The minimum Gasteiger partial charge on any atom is -0.511 e. The molecular weight excluding hydrogens is 342 g/mol. The number of rotatable bonds is 6. The highest BCUT2D eigenvalue weighted by Gasteiger charge is 2.33. The summed E-state index contributed by atoms with van der Waals surface area (Å²) in [5.74, 6) is -0.204. The number of carbonyl (C=O) groups excluding carboxylic acids is 2. The minimum absolute atomic E-state index is 0.0194. The Kier molecular flexibility index (Phi) is 6.58. The maximum atomic E-state index is 12.8. The fourth-order valence-corrected chi connectivity index (χ4v) is 4.23. The Morgan fingerprint density at radius 2 is 1.89 bits per heavy atom. The van der Waals surface area contributed by atoms with Gasteiger partial charge in [-0.2, -0.15) is 0 Å². The Hall–Kier alpha value is -2.43. The maximum Gasteiger partial charge on any atom is 0.168 e. The monoisotopic (exact) mass is 371 g/mol. The third-order valence-corrected chi connectivity index (χ3v) is 5.16. The zero-order chi connectivity index (χ0) is 20.3. The molecule has 5 heteroatoms. The highest BCUT2D eigenvalue weighted by atomic mass is 16.6. The van der Waals surface area contributed by atoms with E-state index in [1.54, 1.807) is 6.92 Å². The van der Waals surface area contributed by atoms with Crippen molar-refractivity contribution in [2.75, 3.05) is 6.61 Å². The predicted molar refractivity (Wildman–Crippen MR) is 107 cm³/mol. The molecule has 0 aliphatic heterocycles. The van der Waals surface area contributed by atoms with Crippen molar-refractivity contribution in [3.8, 4) is 0 Å². The zero-order valence-corrected chi connectivity index (χ0v) is 17.1. The van der Waals surface area contributed by atoms with Gasteiger partial charge in [0.25, 0.3) is 0 Å². The van der Waals surface area contributed by atoms with E-state index >= 15 is 0 Å². The van der Waals surface area contributed by atoms with Crippen LogP contribution < -0.4 is 0 Å². The number of hydrogen-bond acceptors (Lipinski definition) is 5. The number of hydrogen-bond donors (Lipinski definition) is 1. The van der Waals surface area contributed by atoms with Gasteiger partial charge < -0.3 is 9.94 Å². The molecule has 0 saturated carbocycles. The van der Waals surface area contributed by atoms with Gasteiger partial charge in [-0.25, -0.2) is 0 Å². The normalized spacial score (nSPS) is 18.1. The number of aliphatic hydroxyl groups is 1. The van der Waals surface area contributed by atoms with Gasteiger partial charge in [0.05, 0.1) is 11.3 Å². The summed E-state index contributed by atoms with van der Waals surface area (Å²) in [5.41, 5.74) is 5.38. The summed E-state index contributed by atoms with van der Waals surface area (Å²) in [4.78, 5) is 30.0. The van der Waals surface area contributed by atoms with E-state index in [-0.39, 0.29) is 35.2 Å². The molecule has 0 aromatic heterocycles. The van der Waals surface area contributed by atoms with Crippen molar-refractivity contribution in [2.24, 2.45) is 5.16 Å². The molecule has 1 unspecified atom stereocenters. The first kappa shape index (κ1) is 20.9. The largest absolute Gasteiger partial charge is 0.511 e. The van der Waals surface area contributed by atoms with Crippen LogP contribution in [0.1, 0.15) is 78.6 Å². The second-order valence-electron chi connectivity index (χ2n) is 7.14. The van der Waals surface area contributed by atoms with Gasteiger partial charge in [0, 0.05) is 18.4 Å². The minimum atomic E-state index is -0.148. The van der Waals surface area contributed by atoms with Gasteiger partial charge in [0.2, 0.25) is 0 Å². The molecule has 0 spiro atoms. The molecule has 0 heterocycles. The molecule has 0 fully saturated rings. The number of benzene rings is 1. The van der Waals surface area contributed by atoms with Crippen molar-refractivity contribution in [2.45, 2.75) is 66.7 Å². The van der Waals surface area contributed by atoms with Crippen LogP contribution in [-0.4, -0.2) is 29.0 Å². The second kappa shape index (κ2) is 8.51. The molecule has 2 rings (SSSR count). The average molecular weight is 371 g/mol. The quantitative estimate of drug-likeness (QED) is 0.439. The van der Waals surface area contributed by atoms with Crippen LogP contribution in [0.2, 0.25) is 0 Å². The lowest BCUT2D eigenvalue weighted by Crippen LogP contribution is -2.25. The molecule has 0 saturated heterocycles. The number of aliphatic hydroxyl groups excluding tert-OH is 1. The first-order valence-corrected chi connectivity index (χ1v) is 9.48. The summed E-state index contributed by atoms with van der Waals surface area (Å²) >= 11 is 0. The van der Waals surface area contributed by atoms with Gasteiger partial charge in [0.15, 0.2) is 11.6 Å². The number of allylic oxidation sites excluding steroid dienone is 2. The Balaban J connectivity index is 2.50. The molecule has 1 atom stereocenters. The van der Waals surface area contributed by atoms with Gasteiger partial charge in [-0.3, -0.25) is 9.59 Å². The molecule has 0 radical (unpaired) electrons. The van der Waals surface area contributed by atoms with Gasteiger partial charge >= 0.3 is 0 Å². The lowest BCUT2D eigenvalue weighted by Gasteiger charge is -2.28. The topological polar surface area (TPSA) is 76.0 Å². The van der Waals surface area contributed by atoms with E-state index in [9.17, 15) is 14.7 Å². The summed E-state index contributed by atoms with van der Waals surface area (Å²) in [6.45, 7) is 11.5. The predicted octanol–water partition coefficient (Wildman–Crippen LogP) is 4.88. The standard InChI is InChI=1S/C22H29NO4/c1-7-17(23-27-8-2)22-18(25)10-16(11-19(22)26)21-13(4)9-12(3)20(14(21)5)15(6)24/h9,16,25H,7-8,10-11H2,1-6H3. The third-order valence-electron chi connectivity index (χ3n) is 5.16. The van der Waals surface area contributed by atoms with Gasteiger partial charge in [0.1, 0.15) is 12.4 Å². The van der Waals surface area contributed by atoms with Crippen molar-refractivity contribution in [1.29, 1.82) is 0 Å². The molecule has 1 N–H and O–H groups in total. The van der Waals surface area contributed by atoms with Crippen LogP contribution in [0.4, 0.5) is 0 Å². The molecule has 0 bridgehead atoms. The van der Waals surface area contributed by atoms with Crippen LogP contribution >= 0.6 is 0 Å². The van der Waals surface area contributed by atoms with Crippen LogP contribution in [0.3, 0.4) is 0 Å². The fourth-order valence-electron chi connectivity index (χ4n) is 4.23. The van der Waals surface area contributed by atoms with E-state index in [1.165, 1.54) is 0 Å². The molecule has 146 valence electrons. The van der Waals surface area contributed by atoms with Crippen molar-refractivity contribution in [3.05, 3.63) is 45.2 Å². The van der Waals surface area contributed by atoms with Gasteiger partial charge in [-0.1, -0.05) is 18.1 Å². The van der Waals surface area contributed by atoms with Crippen LogP contribution in [0, 0.1) is 20.8 Å². The van der Waals surface area contributed by atoms with Gasteiger partial charge in [-0.05, 0) is 69.2 Å². The van der Waals surface area contributed by atoms with Crippen molar-refractivity contribution >= 4 is 17.3 Å².